The second-order valence-electron chi connectivity index (χ2n) is 4.85. The lowest BCUT2D eigenvalue weighted by atomic mass is 9.97. The second-order valence-corrected chi connectivity index (χ2v) is 6.14. The summed E-state index contributed by atoms with van der Waals surface area (Å²) in [4.78, 5) is 18.1. The number of aromatic nitrogens is 1. The summed E-state index contributed by atoms with van der Waals surface area (Å²) in [5.74, 6) is 0.581. The molecule has 1 unspecified atom stereocenters. The second kappa shape index (κ2) is 4.81. The molecule has 0 bridgehead atoms. The molecule has 0 aliphatic heterocycles. The zero-order valence-electron chi connectivity index (χ0n) is 11.0. The number of thiazole rings is 1. The van der Waals surface area contributed by atoms with Gasteiger partial charge in [-0.15, -0.1) is 11.3 Å². The van der Waals surface area contributed by atoms with E-state index >= 15 is 0 Å². The van der Waals surface area contributed by atoms with E-state index < -0.39 is 0 Å². The van der Waals surface area contributed by atoms with Crippen LogP contribution in [0.4, 0.5) is 0 Å². The van der Waals surface area contributed by atoms with Crippen LogP contribution in [0.2, 0.25) is 0 Å². The predicted molar refractivity (Wildman–Crippen MR) is 73.4 cm³/mol. The van der Waals surface area contributed by atoms with Crippen molar-refractivity contribution in [1.82, 2.24) is 10.3 Å². The number of amides is 1. The van der Waals surface area contributed by atoms with Gasteiger partial charge in [-0.2, -0.15) is 0 Å². The van der Waals surface area contributed by atoms with Crippen molar-refractivity contribution in [3.63, 3.8) is 0 Å². The highest BCUT2D eigenvalue weighted by Gasteiger charge is 2.26. The molecule has 0 aromatic carbocycles. The Bertz CT molecular complexity index is 615. The zero-order valence-corrected chi connectivity index (χ0v) is 11.8. The van der Waals surface area contributed by atoms with E-state index in [1.165, 1.54) is 4.88 Å². The number of fused-ring (bicyclic) bond motifs is 1. The minimum atomic E-state index is -0.0743. The van der Waals surface area contributed by atoms with Gasteiger partial charge in [0.15, 0.2) is 0 Å². The summed E-state index contributed by atoms with van der Waals surface area (Å²) in [6.45, 7) is 3.82. The van der Waals surface area contributed by atoms with Gasteiger partial charge in [0.25, 0.3) is 5.91 Å². The molecule has 3 rings (SSSR count). The van der Waals surface area contributed by atoms with Crippen molar-refractivity contribution in [3.05, 3.63) is 39.2 Å². The van der Waals surface area contributed by atoms with Crippen molar-refractivity contribution >= 4 is 17.2 Å². The topological polar surface area (TPSA) is 55.1 Å². The largest absolute Gasteiger partial charge is 0.469 e. The van der Waals surface area contributed by atoms with E-state index in [1.54, 1.807) is 30.6 Å². The highest BCUT2D eigenvalue weighted by Crippen LogP contribution is 2.33. The fourth-order valence-corrected chi connectivity index (χ4v) is 3.58. The lowest BCUT2D eigenvalue weighted by Gasteiger charge is -2.22. The van der Waals surface area contributed by atoms with Crippen LogP contribution in [0.1, 0.15) is 50.6 Å². The van der Waals surface area contributed by atoms with Gasteiger partial charge in [0.2, 0.25) is 0 Å². The van der Waals surface area contributed by atoms with Crippen LogP contribution in [-0.2, 0) is 6.42 Å². The Morgan fingerprint density at radius 1 is 1.53 bits per heavy atom. The van der Waals surface area contributed by atoms with Gasteiger partial charge < -0.3 is 9.73 Å². The van der Waals surface area contributed by atoms with Gasteiger partial charge >= 0.3 is 0 Å². The summed E-state index contributed by atoms with van der Waals surface area (Å²) in [5, 5.41) is 4.15. The molecule has 1 atom stereocenters. The lowest BCUT2D eigenvalue weighted by molar-refractivity contribution is 0.0930. The molecule has 0 radical (unpaired) electrons. The Kier molecular flexibility index (Phi) is 3.14. The number of hydrogen-bond acceptors (Lipinski definition) is 4. The van der Waals surface area contributed by atoms with E-state index in [9.17, 15) is 4.79 Å². The first kappa shape index (κ1) is 12.4. The van der Waals surface area contributed by atoms with E-state index in [1.807, 2.05) is 6.92 Å². The van der Waals surface area contributed by atoms with Crippen molar-refractivity contribution < 1.29 is 9.21 Å². The number of rotatable bonds is 2. The number of carbonyl (C=O) groups excluding carboxylic acids is 1. The number of aryl methyl sites for hydroxylation is 3. The molecule has 0 saturated carbocycles. The quantitative estimate of drug-likeness (QED) is 0.916. The molecule has 1 amide bonds. The number of nitrogens with zero attached hydrogens (tertiary/aromatic N) is 1. The summed E-state index contributed by atoms with van der Waals surface area (Å²) < 4.78 is 5.17. The van der Waals surface area contributed by atoms with Crippen molar-refractivity contribution in [2.45, 2.75) is 39.2 Å². The van der Waals surface area contributed by atoms with Gasteiger partial charge in [0, 0.05) is 4.88 Å². The number of nitrogens with one attached hydrogen (secondary N) is 1. The summed E-state index contributed by atoms with van der Waals surface area (Å²) >= 11 is 1.74. The molecular weight excluding hydrogens is 260 g/mol. The lowest BCUT2D eigenvalue weighted by Crippen LogP contribution is -2.31. The number of furan rings is 1. The Labute approximate surface area is 115 Å². The summed E-state index contributed by atoms with van der Waals surface area (Å²) in [5.41, 5.74) is 1.67. The monoisotopic (exact) mass is 276 g/mol. The van der Waals surface area contributed by atoms with E-state index in [-0.39, 0.29) is 11.9 Å². The van der Waals surface area contributed by atoms with Crippen molar-refractivity contribution in [2.75, 3.05) is 0 Å². The normalized spacial score (nSPS) is 18.1. The summed E-state index contributed by atoms with van der Waals surface area (Å²) in [6.07, 6.45) is 4.68. The third kappa shape index (κ3) is 2.30. The maximum atomic E-state index is 12.2. The molecule has 0 saturated heterocycles. The molecule has 4 nitrogen and oxygen atoms in total. The van der Waals surface area contributed by atoms with E-state index in [0.29, 0.717) is 11.3 Å². The molecule has 100 valence electrons. The molecule has 1 N–H and O–H groups in total. The zero-order chi connectivity index (χ0) is 13.4. The molecule has 1 aliphatic rings. The van der Waals surface area contributed by atoms with Gasteiger partial charge in [0.1, 0.15) is 5.76 Å². The Balaban J connectivity index is 1.81. The molecule has 1 aliphatic carbocycles. The summed E-state index contributed by atoms with van der Waals surface area (Å²) in [6, 6.07) is 1.75. The molecule has 19 heavy (non-hydrogen) atoms. The average Bonchev–Trinajstić information content (AvgIpc) is 2.94. The molecule has 0 fully saturated rings. The van der Waals surface area contributed by atoms with Crippen LogP contribution in [0.5, 0.6) is 0 Å². The van der Waals surface area contributed by atoms with Gasteiger partial charge in [-0.3, -0.25) is 4.79 Å². The first-order valence-electron chi connectivity index (χ1n) is 6.46. The van der Waals surface area contributed by atoms with E-state index in [2.05, 4.69) is 10.3 Å². The third-order valence-electron chi connectivity index (χ3n) is 3.47. The number of carbonyl (C=O) groups is 1. The minimum absolute atomic E-state index is 0.0375. The standard InChI is InChI=1S/C14H16N2O2S/c1-8-10(6-7-18-8)14(17)16-11-4-3-5-12-13(11)15-9(2)19-12/h6-7,11H,3-5H2,1-2H3,(H,16,17). The van der Waals surface area contributed by atoms with Crippen molar-refractivity contribution in [3.8, 4) is 0 Å². The van der Waals surface area contributed by atoms with Gasteiger partial charge in [0.05, 0.1) is 28.6 Å². The van der Waals surface area contributed by atoms with E-state index in [0.717, 1.165) is 30.0 Å². The minimum Gasteiger partial charge on any atom is -0.469 e. The Hall–Kier alpha value is -1.62. The molecular formula is C14H16N2O2S. The van der Waals surface area contributed by atoms with Gasteiger partial charge in [-0.05, 0) is 39.2 Å². The first-order chi connectivity index (χ1) is 9.15. The summed E-state index contributed by atoms with van der Waals surface area (Å²) in [7, 11) is 0. The van der Waals surface area contributed by atoms with E-state index in [4.69, 9.17) is 4.42 Å². The molecule has 2 aromatic rings. The first-order valence-corrected chi connectivity index (χ1v) is 7.28. The fraction of sp³-hybridized carbons (Fsp3) is 0.429. The molecule has 2 heterocycles. The fourth-order valence-electron chi connectivity index (χ4n) is 2.54. The van der Waals surface area contributed by atoms with Crippen LogP contribution in [0.25, 0.3) is 0 Å². The molecule has 5 heteroatoms. The van der Waals surface area contributed by atoms with Crippen LogP contribution in [0.3, 0.4) is 0 Å². The van der Waals surface area contributed by atoms with Gasteiger partial charge in [-0.1, -0.05) is 0 Å². The highest BCUT2D eigenvalue weighted by molar-refractivity contribution is 7.11. The maximum absolute atomic E-state index is 12.2. The number of hydrogen-bond donors (Lipinski definition) is 1. The maximum Gasteiger partial charge on any atom is 0.255 e. The van der Waals surface area contributed by atoms with Crippen molar-refractivity contribution in [1.29, 1.82) is 0 Å². The third-order valence-corrected chi connectivity index (χ3v) is 4.52. The van der Waals surface area contributed by atoms with Crippen LogP contribution < -0.4 is 5.32 Å². The van der Waals surface area contributed by atoms with Crippen LogP contribution >= 0.6 is 11.3 Å². The molecule has 0 spiro atoms. The Morgan fingerprint density at radius 2 is 2.37 bits per heavy atom. The predicted octanol–water partition coefficient (Wildman–Crippen LogP) is 3.16. The smallest absolute Gasteiger partial charge is 0.255 e. The Morgan fingerprint density at radius 3 is 3.11 bits per heavy atom. The average molecular weight is 276 g/mol. The SMILES string of the molecule is Cc1nc2c(s1)CCCC2NC(=O)c1ccoc1C. The van der Waals surface area contributed by atoms with Crippen LogP contribution in [0, 0.1) is 13.8 Å². The van der Waals surface area contributed by atoms with Crippen LogP contribution in [0.15, 0.2) is 16.7 Å². The highest BCUT2D eigenvalue weighted by atomic mass is 32.1. The van der Waals surface area contributed by atoms with Gasteiger partial charge in [-0.25, -0.2) is 4.98 Å². The molecule has 2 aromatic heterocycles. The van der Waals surface area contributed by atoms with Crippen LogP contribution in [-0.4, -0.2) is 10.9 Å². The van der Waals surface area contributed by atoms with Crippen molar-refractivity contribution in [2.24, 2.45) is 0 Å².